The molecule has 39 heavy (non-hydrogen) atoms. The largest absolute Gasteiger partial charge is 0.338 e. The molecule has 0 radical (unpaired) electrons. The van der Waals surface area contributed by atoms with Crippen LogP contribution in [0.2, 0.25) is 10.0 Å². The van der Waals surface area contributed by atoms with E-state index < -0.39 is 0 Å². The second kappa shape index (κ2) is 9.39. The zero-order valence-electron chi connectivity index (χ0n) is 21.3. The Kier molecular flexibility index (Phi) is 5.94. The third-order valence-electron chi connectivity index (χ3n) is 8.87. The minimum absolute atomic E-state index is 0.170. The van der Waals surface area contributed by atoms with Gasteiger partial charge in [-0.15, -0.1) is 0 Å². The molecule has 1 aromatic heterocycles. The van der Waals surface area contributed by atoms with Gasteiger partial charge in [-0.2, -0.15) is 0 Å². The maximum atomic E-state index is 13.4. The summed E-state index contributed by atoms with van der Waals surface area (Å²) < 4.78 is 0. The third-order valence-corrected chi connectivity index (χ3v) is 9.50. The number of carbonyl (C=O) groups excluding carboxylic acids is 2. The molecule has 0 unspecified atom stereocenters. The van der Waals surface area contributed by atoms with Crippen molar-refractivity contribution in [3.63, 3.8) is 0 Å². The van der Waals surface area contributed by atoms with E-state index in [4.69, 9.17) is 28.2 Å². The second-order valence-electron chi connectivity index (χ2n) is 11.6. The number of H-pyrrole nitrogens is 1. The SMILES string of the molecule is O=C(Nc1ccc2nc(-c3ccc(NC(=O)C45CC6CC(CC(C6)C4)C5)cc3)[nH]c2c1)c1c(Cl)cccc1Cl. The van der Waals surface area contributed by atoms with E-state index in [1.54, 1.807) is 24.3 Å². The molecule has 6 nitrogen and oxygen atoms in total. The molecule has 2 amide bonds. The van der Waals surface area contributed by atoms with Crippen LogP contribution in [-0.4, -0.2) is 21.8 Å². The second-order valence-corrected chi connectivity index (χ2v) is 12.4. The number of rotatable bonds is 5. The lowest BCUT2D eigenvalue weighted by Gasteiger charge is -2.55. The summed E-state index contributed by atoms with van der Waals surface area (Å²) in [6.07, 6.45) is 7.12. The van der Waals surface area contributed by atoms with Gasteiger partial charge in [0.25, 0.3) is 5.91 Å². The number of imidazole rings is 1. The van der Waals surface area contributed by atoms with Gasteiger partial charge in [0.15, 0.2) is 0 Å². The summed E-state index contributed by atoms with van der Waals surface area (Å²) in [7, 11) is 0. The maximum absolute atomic E-state index is 13.4. The van der Waals surface area contributed by atoms with Crippen LogP contribution in [0.25, 0.3) is 22.4 Å². The fraction of sp³-hybridized carbons (Fsp3) is 0.323. The van der Waals surface area contributed by atoms with Gasteiger partial charge in [-0.1, -0.05) is 29.3 Å². The van der Waals surface area contributed by atoms with Crippen LogP contribution in [0.3, 0.4) is 0 Å². The molecule has 3 aromatic carbocycles. The van der Waals surface area contributed by atoms with Gasteiger partial charge in [0.1, 0.15) is 5.82 Å². The van der Waals surface area contributed by atoms with E-state index in [2.05, 4.69) is 15.6 Å². The van der Waals surface area contributed by atoms with Gasteiger partial charge in [-0.05, 0) is 111 Å². The summed E-state index contributed by atoms with van der Waals surface area (Å²) in [6, 6.07) is 18.2. The molecule has 1 heterocycles. The average Bonchev–Trinajstić information content (AvgIpc) is 3.32. The number of halogens is 2. The van der Waals surface area contributed by atoms with Gasteiger partial charge in [0, 0.05) is 16.9 Å². The van der Waals surface area contributed by atoms with Crippen LogP contribution in [0.1, 0.15) is 48.9 Å². The summed E-state index contributed by atoms with van der Waals surface area (Å²) in [4.78, 5) is 34.2. The molecule has 0 spiro atoms. The molecule has 0 aliphatic heterocycles. The number of anilines is 2. The van der Waals surface area contributed by atoms with E-state index in [1.807, 2.05) is 36.4 Å². The zero-order valence-corrected chi connectivity index (χ0v) is 22.8. The van der Waals surface area contributed by atoms with Crippen molar-refractivity contribution >= 4 is 57.4 Å². The highest BCUT2D eigenvalue weighted by molar-refractivity contribution is 6.40. The first-order valence-electron chi connectivity index (χ1n) is 13.5. The molecule has 0 atom stereocenters. The summed E-state index contributed by atoms with van der Waals surface area (Å²) in [6.45, 7) is 0. The molecule has 4 bridgehead atoms. The van der Waals surface area contributed by atoms with Crippen LogP contribution in [0, 0.1) is 23.2 Å². The van der Waals surface area contributed by atoms with Crippen molar-refractivity contribution in [1.29, 1.82) is 0 Å². The average molecular weight is 559 g/mol. The van der Waals surface area contributed by atoms with Crippen molar-refractivity contribution in [1.82, 2.24) is 9.97 Å². The van der Waals surface area contributed by atoms with Crippen LogP contribution < -0.4 is 10.6 Å². The van der Waals surface area contributed by atoms with E-state index >= 15 is 0 Å². The van der Waals surface area contributed by atoms with Crippen molar-refractivity contribution in [3.05, 3.63) is 76.3 Å². The number of nitrogens with one attached hydrogen (secondary N) is 3. The Morgan fingerprint density at radius 3 is 2.08 bits per heavy atom. The highest BCUT2D eigenvalue weighted by atomic mass is 35.5. The molecular formula is C31H28Cl2N4O2. The van der Waals surface area contributed by atoms with Gasteiger partial charge in [0.05, 0.1) is 32.1 Å². The third kappa shape index (κ3) is 4.50. The molecule has 198 valence electrons. The Bertz CT molecular complexity index is 1560. The summed E-state index contributed by atoms with van der Waals surface area (Å²) >= 11 is 12.4. The van der Waals surface area contributed by atoms with Crippen LogP contribution in [0.5, 0.6) is 0 Å². The van der Waals surface area contributed by atoms with Crippen LogP contribution >= 0.6 is 23.2 Å². The predicted molar refractivity (Wildman–Crippen MR) is 155 cm³/mol. The molecule has 4 aliphatic rings. The molecule has 8 heteroatoms. The quantitative estimate of drug-likeness (QED) is 0.232. The highest BCUT2D eigenvalue weighted by Gasteiger charge is 2.54. The summed E-state index contributed by atoms with van der Waals surface area (Å²) in [5, 5.41) is 6.67. The van der Waals surface area contributed by atoms with Gasteiger partial charge < -0.3 is 15.6 Å². The highest BCUT2D eigenvalue weighted by Crippen LogP contribution is 2.60. The normalized spacial score (nSPS) is 25.1. The first kappa shape index (κ1) is 24.7. The number of hydrogen-bond acceptors (Lipinski definition) is 3. The summed E-state index contributed by atoms with van der Waals surface area (Å²) in [5.74, 6) is 2.74. The topological polar surface area (TPSA) is 86.9 Å². The molecule has 8 rings (SSSR count). The monoisotopic (exact) mass is 558 g/mol. The number of aromatic nitrogens is 2. The Balaban J connectivity index is 1.06. The molecule has 4 aromatic rings. The number of benzene rings is 3. The van der Waals surface area contributed by atoms with Crippen LogP contribution in [0.15, 0.2) is 60.7 Å². The lowest BCUT2D eigenvalue weighted by molar-refractivity contribution is -0.140. The van der Waals surface area contributed by atoms with E-state index in [1.165, 1.54) is 19.3 Å². The van der Waals surface area contributed by atoms with Gasteiger partial charge >= 0.3 is 0 Å². The predicted octanol–water partition coefficient (Wildman–Crippen LogP) is 7.94. The zero-order chi connectivity index (χ0) is 26.7. The molecular weight excluding hydrogens is 531 g/mol. The Labute approximate surface area is 236 Å². The van der Waals surface area contributed by atoms with Crippen LogP contribution in [0.4, 0.5) is 11.4 Å². The van der Waals surface area contributed by atoms with E-state index in [-0.39, 0.29) is 22.8 Å². The van der Waals surface area contributed by atoms with Crippen molar-refractivity contribution in [3.8, 4) is 11.4 Å². The molecule has 4 aliphatic carbocycles. The Morgan fingerprint density at radius 2 is 1.44 bits per heavy atom. The molecule has 3 N–H and O–H groups in total. The van der Waals surface area contributed by atoms with Gasteiger partial charge in [-0.3, -0.25) is 9.59 Å². The lowest BCUT2D eigenvalue weighted by atomic mass is 9.49. The maximum Gasteiger partial charge on any atom is 0.258 e. The standard InChI is InChI=1S/C31H28Cl2N4O2/c32-23-2-1-3-24(33)27(23)29(38)34-22-8-9-25-26(13-22)37-28(36-25)20-4-6-21(7-5-20)35-30(39)31-14-17-10-18(15-31)12-19(11-17)16-31/h1-9,13,17-19H,10-12,14-16H2,(H,34,38)(H,35,39)(H,36,37). The fourth-order valence-electron chi connectivity index (χ4n) is 7.50. The molecule has 4 fully saturated rings. The fourth-order valence-corrected chi connectivity index (χ4v) is 8.07. The molecule has 4 saturated carbocycles. The van der Waals surface area contributed by atoms with E-state index in [9.17, 15) is 9.59 Å². The van der Waals surface area contributed by atoms with Crippen LogP contribution in [-0.2, 0) is 4.79 Å². The minimum atomic E-state index is -0.379. The van der Waals surface area contributed by atoms with Crippen molar-refractivity contribution < 1.29 is 9.59 Å². The molecule has 0 saturated heterocycles. The summed E-state index contributed by atoms with van der Waals surface area (Å²) in [5.41, 5.74) is 3.95. The van der Waals surface area contributed by atoms with Crippen molar-refractivity contribution in [2.45, 2.75) is 38.5 Å². The number of carbonyl (C=O) groups is 2. The number of aromatic amines is 1. The number of hydrogen-bond donors (Lipinski definition) is 3. The first-order valence-corrected chi connectivity index (χ1v) is 14.3. The Morgan fingerprint density at radius 1 is 0.821 bits per heavy atom. The van der Waals surface area contributed by atoms with E-state index in [0.717, 1.165) is 59.3 Å². The Hall–Kier alpha value is -3.35. The smallest absolute Gasteiger partial charge is 0.258 e. The first-order chi connectivity index (χ1) is 18.8. The minimum Gasteiger partial charge on any atom is -0.338 e. The number of amides is 2. The lowest BCUT2D eigenvalue weighted by Crippen LogP contribution is -2.51. The van der Waals surface area contributed by atoms with Crippen molar-refractivity contribution in [2.75, 3.05) is 10.6 Å². The van der Waals surface area contributed by atoms with Gasteiger partial charge in [0.2, 0.25) is 5.91 Å². The number of fused-ring (bicyclic) bond motifs is 1. The van der Waals surface area contributed by atoms with Gasteiger partial charge in [-0.25, -0.2) is 4.98 Å². The number of nitrogens with zero attached hydrogens (tertiary/aromatic N) is 1. The van der Waals surface area contributed by atoms with E-state index in [0.29, 0.717) is 21.6 Å². The van der Waals surface area contributed by atoms with Crippen molar-refractivity contribution in [2.24, 2.45) is 23.2 Å².